The molecular weight excluding hydrogens is 432 g/mol. The summed E-state index contributed by atoms with van der Waals surface area (Å²) in [5.74, 6) is 1.48. The number of thiophene rings is 1. The predicted molar refractivity (Wildman–Crippen MR) is 125 cm³/mol. The van der Waals surface area contributed by atoms with Crippen LogP contribution in [-0.2, 0) is 16.8 Å². The molecule has 0 aliphatic carbocycles. The molecule has 166 valence electrons. The van der Waals surface area contributed by atoms with E-state index in [0.717, 1.165) is 16.2 Å². The minimum Gasteiger partial charge on any atom is -0.491 e. The van der Waals surface area contributed by atoms with Gasteiger partial charge in [-0.3, -0.25) is 4.79 Å². The molecule has 0 radical (unpaired) electrons. The number of rotatable bonds is 10. The zero-order chi connectivity index (χ0) is 22.4. The predicted octanol–water partition coefficient (Wildman–Crippen LogP) is 3.71. The Bertz CT molecular complexity index is 997. The number of hydrogen-bond donors (Lipinski definition) is 2. The van der Waals surface area contributed by atoms with Crippen LogP contribution in [0.3, 0.4) is 0 Å². The third kappa shape index (κ3) is 6.32. The van der Waals surface area contributed by atoms with Crippen LogP contribution in [0.4, 0.5) is 0 Å². The highest BCUT2D eigenvalue weighted by molar-refractivity contribution is 7.99. The van der Waals surface area contributed by atoms with Crippen molar-refractivity contribution in [1.82, 2.24) is 14.8 Å². The summed E-state index contributed by atoms with van der Waals surface area (Å²) in [4.78, 5) is 12.3. The van der Waals surface area contributed by atoms with Crippen LogP contribution in [0.2, 0.25) is 0 Å². The number of nitrogens with two attached hydrogens (primary N) is 1. The van der Waals surface area contributed by atoms with Crippen molar-refractivity contribution in [2.45, 2.75) is 50.4 Å². The zero-order valence-corrected chi connectivity index (χ0v) is 19.6. The van der Waals surface area contributed by atoms with E-state index in [9.17, 15) is 9.90 Å². The first kappa shape index (κ1) is 23.3. The molecule has 1 aromatic carbocycles. The van der Waals surface area contributed by atoms with Crippen molar-refractivity contribution < 1.29 is 14.6 Å². The van der Waals surface area contributed by atoms with Gasteiger partial charge in [0.25, 0.3) is 0 Å². The van der Waals surface area contributed by atoms with Gasteiger partial charge in [0, 0.05) is 18.7 Å². The van der Waals surface area contributed by atoms with Crippen molar-refractivity contribution in [3.8, 4) is 16.5 Å². The summed E-state index contributed by atoms with van der Waals surface area (Å²) in [6, 6.07) is 11.8. The van der Waals surface area contributed by atoms with Crippen LogP contribution in [0.5, 0.6) is 5.75 Å². The molecule has 31 heavy (non-hydrogen) atoms. The standard InChI is InChI=1S/C22H28N4O3S2/c1-22(2,3)16-7-4-5-8-17(16)29-13-15(27)14-31-21-25-24-20(18-9-6-12-30-18)26(21)11-10-19(23)28/h4-9,12,15,27H,10-11,13-14H2,1-3H3,(H2,23,28). The topological polar surface area (TPSA) is 103 Å². The third-order valence-corrected chi connectivity index (χ3v) is 6.55. The second-order valence-corrected chi connectivity index (χ2v) is 10.1. The minimum atomic E-state index is -0.690. The number of hydrogen-bond acceptors (Lipinski definition) is 7. The molecule has 1 amide bonds. The number of carbonyl (C=O) groups excluding carboxylic acids is 1. The van der Waals surface area contributed by atoms with Gasteiger partial charge in [0.15, 0.2) is 11.0 Å². The Labute approximate surface area is 190 Å². The van der Waals surface area contributed by atoms with Gasteiger partial charge in [-0.15, -0.1) is 21.5 Å². The second-order valence-electron chi connectivity index (χ2n) is 8.17. The van der Waals surface area contributed by atoms with Crippen LogP contribution in [0.25, 0.3) is 10.7 Å². The number of para-hydroxylation sites is 1. The van der Waals surface area contributed by atoms with E-state index >= 15 is 0 Å². The fourth-order valence-electron chi connectivity index (χ4n) is 3.02. The van der Waals surface area contributed by atoms with Crippen molar-refractivity contribution in [2.75, 3.05) is 12.4 Å². The molecule has 0 saturated heterocycles. The normalized spacial score (nSPS) is 12.6. The molecule has 1 atom stereocenters. The Morgan fingerprint density at radius 2 is 2.03 bits per heavy atom. The molecule has 0 saturated carbocycles. The second kappa shape index (κ2) is 10.3. The van der Waals surface area contributed by atoms with Crippen LogP contribution in [-0.4, -0.2) is 44.2 Å². The summed E-state index contributed by atoms with van der Waals surface area (Å²) in [5.41, 5.74) is 6.38. The van der Waals surface area contributed by atoms with Crippen molar-refractivity contribution in [1.29, 1.82) is 0 Å². The summed E-state index contributed by atoms with van der Waals surface area (Å²) >= 11 is 2.93. The number of aromatic nitrogens is 3. The molecule has 3 N–H and O–H groups in total. The van der Waals surface area contributed by atoms with Crippen molar-refractivity contribution >= 4 is 29.0 Å². The highest BCUT2D eigenvalue weighted by Crippen LogP contribution is 2.31. The van der Waals surface area contributed by atoms with Gasteiger partial charge in [-0.2, -0.15) is 0 Å². The molecule has 0 aliphatic rings. The Kier molecular flexibility index (Phi) is 7.74. The number of carbonyl (C=O) groups is 1. The first-order chi connectivity index (χ1) is 14.8. The lowest BCUT2D eigenvalue weighted by atomic mass is 9.86. The van der Waals surface area contributed by atoms with Crippen LogP contribution in [0.1, 0.15) is 32.8 Å². The Morgan fingerprint density at radius 1 is 1.26 bits per heavy atom. The van der Waals surface area contributed by atoms with Gasteiger partial charge in [-0.1, -0.05) is 56.8 Å². The molecule has 0 spiro atoms. The lowest BCUT2D eigenvalue weighted by Crippen LogP contribution is -2.22. The number of amides is 1. The average molecular weight is 461 g/mol. The SMILES string of the molecule is CC(C)(C)c1ccccc1OCC(O)CSc1nnc(-c2cccs2)n1CCC(N)=O. The van der Waals surface area contributed by atoms with Crippen molar-refractivity contribution in [3.63, 3.8) is 0 Å². The molecule has 0 bridgehead atoms. The third-order valence-electron chi connectivity index (χ3n) is 4.57. The molecule has 3 aromatic rings. The summed E-state index contributed by atoms with van der Waals surface area (Å²) in [6.45, 7) is 6.96. The van der Waals surface area contributed by atoms with Gasteiger partial charge >= 0.3 is 0 Å². The van der Waals surface area contributed by atoms with Gasteiger partial charge in [-0.05, 0) is 28.5 Å². The number of benzene rings is 1. The van der Waals surface area contributed by atoms with Crippen LogP contribution in [0, 0.1) is 0 Å². The molecule has 0 fully saturated rings. The summed E-state index contributed by atoms with van der Waals surface area (Å²) in [7, 11) is 0. The maximum atomic E-state index is 11.3. The van der Waals surface area contributed by atoms with E-state index < -0.39 is 6.10 Å². The average Bonchev–Trinajstić information content (AvgIpc) is 3.38. The van der Waals surface area contributed by atoms with Crippen molar-refractivity contribution in [2.24, 2.45) is 5.73 Å². The smallest absolute Gasteiger partial charge is 0.219 e. The van der Waals surface area contributed by atoms with E-state index in [4.69, 9.17) is 10.5 Å². The molecular formula is C22H28N4O3S2. The fourth-order valence-corrected chi connectivity index (χ4v) is 4.61. The van der Waals surface area contributed by atoms with Gasteiger partial charge in [-0.25, -0.2) is 0 Å². The number of ether oxygens (including phenoxy) is 1. The van der Waals surface area contributed by atoms with E-state index in [1.807, 2.05) is 46.3 Å². The molecule has 2 heterocycles. The molecule has 7 nitrogen and oxygen atoms in total. The van der Waals surface area contributed by atoms with Gasteiger partial charge in [0.1, 0.15) is 12.4 Å². The maximum Gasteiger partial charge on any atom is 0.219 e. The molecule has 9 heteroatoms. The first-order valence-electron chi connectivity index (χ1n) is 10.0. The fraction of sp³-hybridized carbons (Fsp3) is 0.409. The number of aliphatic hydroxyl groups is 1. The molecule has 2 aromatic heterocycles. The van der Waals surface area contributed by atoms with E-state index in [-0.39, 0.29) is 24.3 Å². The van der Waals surface area contributed by atoms with E-state index in [1.54, 1.807) is 11.3 Å². The highest BCUT2D eigenvalue weighted by atomic mass is 32.2. The Morgan fingerprint density at radius 3 is 2.71 bits per heavy atom. The highest BCUT2D eigenvalue weighted by Gasteiger charge is 2.20. The largest absolute Gasteiger partial charge is 0.491 e. The Balaban J connectivity index is 1.64. The van der Waals surface area contributed by atoms with Crippen LogP contribution in [0.15, 0.2) is 46.9 Å². The van der Waals surface area contributed by atoms with Crippen LogP contribution < -0.4 is 10.5 Å². The van der Waals surface area contributed by atoms with Gasteiger partial charge in [0.2, 0.25) is 5.91 Å². The van der Waals surface area contributed by atoms with E-state index in [1.165, 1.54) is 11.8 Å². The maximum absolute atomic E-state index is 11.3. The summed E-state index contributed by atoms with van der Waals surface area (Å²) in [6.07, 6.45) is -0.497. The molecule has 3 rings (SSSR count). The van der Waals surface area contributed by atoms with E-state index in [2.05, 4.69) is 31.0 Å². The number of nitrogens with zero attached hydrogens (tertiary/aromatic N) is 3. The van der Waals surface area contributed by atoms with Gasteiger partial charge < -0.3 is 20.1 Å². The lowest BCUT2D eigenvalue weighted by molar-refractivity contribution is -0.118. The first-order valence-corrected chi connectivity index (χ1v) is 11.9. The molecule has 0 aliphatic heterocycles. The molecule has 1 unspecified atom stereocenters. The summed E-state index contributed by atoms with van der Waals surface area (Å²) < 4.78 is 7.80. The number of aliphatic hydroxyl groups excluding tert-OH is 1. The van der Waals surface area contributed by atoms with Crippen LogP contribution >= 0.6 is 23.1 Å². The quantitative estimate of drug-likeness (QED) is 0.447. The van der Waals surface area contributed by atoms with Gasteiger partial charge in [0.05, 0.1) is 11.0 Å². The minimum absolute atomic E-state index is 0.0503. The number of thioether (sulfide) groups is 1. The number of primary amides is 1. The van der Waals surface area contributed by atoms with E-state index in [0.29, 0.717) is 23.3 Å². The zero-order valence-electron chi connectivity index (χ0n) is 17.9. The lowest BCUT2D eigenvalue weighted by Gasteiger charge is -2.23. The monoisotopic (exact) mass is 460 g/mol. The Hall–Kier alpha value is -2.36. The summed E-state index contributed by atoms with van der Waals surface area (Å²) in [5, 5.41) is 21.6. The van der Waals surface area contributed by atoms with Crippen molar-refractivity contribution in [3.05, 3.63) is 47.3 Å².